The molecule has 2 fully saturated rings. The number of unbranched alkanes of at least 4 members (excludes halogenated alkanes) is 2. The smallest absolute Gasteiger partial charge is 0.305 e. The van der Waals surface area contributed by atoms with Gasteiger partial charge in [-0.25, -0.2) is 0 Å². The first-order valence-electron chi connectivity index (χ1n) is 12.6. The predicted octanol–water partition coefficient (Wildman–Crippen LogP) is 5.61. The molecule has 2 rings (SSSR count). The highest BCUT2D eigenvalue weighted by atomic mass is 28.4. The number of hydrogen-bond donors (Lipinski definition) is 0. The fourth-order valence-corrected chi connectivity index (χ4v) is 6.26. The highest BCUT2D eigenvalue weighted by Gasteiger charge is 2.74. The van der Waals surface area contributed by atoms with Crippen LogP contribution in [0, 0.1) is 17.3 Å². The molecule has 0 unspecified atom stereocenters. The molecule has 0 bridgehead atoms. The summed E-state index contributed by atoms with van der Waals surface area (Å²) in [5, 5.41) is 0.0748. The van der Waals surface area contributed by atoms with Crippen LogP contribution in [0.25, 0.3) is 0 Å². The van der Waals surface area contributed by atoms with Gasteiger partial charge in [0.25, 0.3) is 0 Å². The Morgan fingerprint density at radius 1 is 1.06 bits per heavy atom. The summed E-state index contributed by atoms with van der Waals surface area (Å²) in [7, 11) is -2.01. The van der Waals surface area contributed by atoms with Crippen LogP contribution in [0.5, 0.6) is 0 Å². The standard InChI is InChI=1S/C26H44O6Si/c1-8-30-22(28)15-13-11-10-12-14-19-24-20(32-33(6,7)25(3,4)5)18-21(27)26(19,24)17-16-23(29)31-9-2/h12,14,19-20,24H,8-11,13,15-18H2,1-7H3/b14-12-/t19-,20-,24+,26-/m1/s1. The summed E-state index contributed by atoms with van der Waals surface area (Å²) >= 11 is 0. The summed E-state index contributed by atoms with van der Waals surface area (Å²) in [6.45, 7) is 15.5. The molecule has 0 heterocycles. The molecule has 0 radical (unpaired) electrons. The third kappa shape index (κ3) is 6.56. The van der Waals surface area contributed by atoms with Crippen LogP contribution in [-0.2, 0) is 28.3 Å². The van der Waals surface area contributed by atoms with Crippen molar-refractivity contribution in [3.63, 3.8) is 0 Å². The Kier molecular flexibility index (Phi) is 9.51. The minimum Gasteiger partial charge on any atom is -0.466 e. The van der Waals surface area contributed by atoms with Crippen molar-refractivity contribution in [3.8, 4) is 0 Å². The molecule has 0 aromatic heterocycles. The second-order valence-electron chi connectivity index (χ2n) is 10.9. The zero-order chi connectivity index (χ0) is 24.9. The molecular weight excluding hydrogens is 436 g/mol. The summed E-state index contributed by atoms with van der Waals surface area (Å²) in [5.74, 6) is 0.114. The summed E-state index contributed by atoms with van der Waals surface area (Å²) in [4.78, 5) is 36.7. The number of carbonyl (C=O) groups excluding carboxylic acids is 3. The lowest BCUT2D eigenvalue weighted by Crippen LogP contribution is -2.44. The molecule has 2 aliphatic rings. The fraction of sp³-hybridized carbons (Fsp3) is 0.808. The van der Waals surface area contributed by atoms with E-state index in [1.54, 1.807) is 6.92 Å². The molecule has 0 aliphatic heterocycles. The number of esters is 2. The van der Waals surface area contributed by atoms with Crippen LogP contribution in [0.15, 0.2) is 12.2 Å². The van der Waals surface area contributed by atoms with Crippen LogP contribution in [0.1, 0.15) is 79.6 Å². The van der Waals surface area contributed by atoms with E-state index in [0.717, 1.165) is 19.3 Å². The predicted molar refractivity (Wildman–Crippen MR) is 131 cm³/mol. The molecule has 188 valence electrons. The SMILES string of the molecule is CCOC(=O)CCCC/C=C\[C@@H]1[C@H]2[C@H](O[Si](C)(C)C(C)(C)C)CC(=O)[C@]21CCC(=O)OCC. The lowest BCUT2D eigenvalue weighted by Gasteiger charge is -2.38. The maximum absolute atomic E-state index is 13.2. The zero-order valence-corrected chi connectivity index (χ0v) is 22.7. The molecule has 0 amide bonds. The Morgan fingerprint density at radius 2 is 1.67 bits per heavy atom. The molecule has 2 aliphatic carbocycles. The fourth-order valence-electron chi connectivity index (χ4n) is 4.92. The average molecular weight is 481 g/mol. The molecule has 2 saturated carbocycles. The Hall–Kier alpha value is -1.47. The first kappa shape index (κ1) is 27.8. The number of carbonyl (C=O) groups is 3. The minimum absolute atomic E-state index is 0.0703. The van der Waals surface area contributed by atoms with Crippen LogP contribution in [0.2, 0.25) is 18.1 Å². The van der Waals surface area contributed by atoms with Crippen molar-refractivity contribution in [1.82, 2.24) is 0 Å². The Labute approximate surface area is 200 Å². The number of hydrogen-bond acceptors (Lipinski definition) is 6. The van der Waals surface area contributed by atoms with Gasteiger partial charge in [-0.2, -0.15) is 0 Å². The molecule has 0 aromatic carbocycles. The van der Waals surface area contributed by atoms with Gasteiger partial charge in [0.2, 0.25) is 0 Å². The Bertz CT molecular complexity index is 738. The maximum atomic E-state index is 13.2. The zero-order valence-electron chi connectivity index (χ0n) is 21.7. The third-order valence-corrected chi connectivity index (χ3v) is 12.2. The van der Waals surface area contributed by atoms with Crippen LogP contribution in [0.4, 0.5) is 0 Å². The molecule has 0 N–H and O–H groups in total. The van der Waals surface area contributed by atoms with E-state index in [-0.39, 0.29) is 47.1 Å². The van der Waals surface area contributed by atoms with Crippen molar-refractivity contribution in [3.05, 3.63) is 12.2 Å². The van der Waals surface area contributed by atoms with Gasteiger partial charge in [0.15, 0.2) is 8.32 Å². The summed E-state index contributed by atoms with van der Waals surface area (Å²) < 4.78 is 16.8. The number of ketones is 1. The van der Waals surface area contributed by atoms with E-state index < -0.39 is 13.7 Å². The van der Waals surface area contributed by atoms with Gasteiger partial charge < -0.3 is 13.9 Å². The maximum Gasteiger partial charge on any atom is 0.305 e. The van der Waals surface area contributed by atoms with Crippen molar-refractivity contribution in [1.29, 1.82) is 0 Å². The van der Waals surface area contributed by atoms with E-state index in [0.29, 0.717) is 32.5 Å². The number of allylic oxidation sites excluding steroid dienone is 2. The molecule has 6 nitrogen and oxygen atoms in total. The normalized spacial score (nSPS) is 27.0. The van der Waals surface area contributed by atoms with E-state index >= 15 is 0 Å². The molecule has 0 saturated heterocycles. The molecule has 33 heavy (non-hydrogen) atoms. The van der Waals surface area contributed by atoms with Crippen LogP contribution in [0.3, 0.4) is 0 Å². The van der Waals surface area contributed by atoms with Crippen LogP contribution < -0.4 is 0 Å². The first-order chi connectivity index (χ1) is 15.4. The van der Waals surface area contributed by atoms with Crippen molar-refractivity contribution in [2.24, 2.45) is 17.3 Å². The van der Waals surface area contributed by atoms with Crippen molar-refractivity contribution in [2.45, 2.75) is 104 Å². The van der Waals surface area contributed by atoms with Crippen molar-refractivity contribution in [2.75, 3.05) is 13.2 Å². The second-order valence-corrected chi connectivity index (χ2v) is 15.7. The minimum atomic E-state index is -2.01. The Balaban J connectivity index is 2.04. The summed E-state index contributed by atoms with van der Waals surface area (Å²) in [5.41, 5.74) is -0.485. The molecule has 0 aromatic rings. The monoisotopic (exact) mass is 480 g/mol. The highest BCUT2D eigenvalue weighted by molar-refractivity contribution is 6.74. The molecule has 4 atom stereocenters. The van der Waals surface area contributed by atoms with Gasteiger partial charge in [-0.05, 0) is 63.6 Å². The lowest BCUT2D eigenvalue weighted by atomic mass is 9.92. The van der Waals surface area contributed by atoms with Gasteiger partial charge in [0.05, 0.1) is 19.3 Å². The van der Waals surface area contributed by atoms with Crippen LogP contribution >= 0.6 is 0 Å². The van der Waals surface area contributed by atoms with E-state index in [1.807, 2.05) is 6.92 Å². The highest BCUT2D eigenvalue weighted by Crippen LogP contribution is 2.70. The molecular formula is C26H44O6Si. The number of ether oxygens (including phenoxy) is 2. The second kappa shape index (κ2) is 11.3. The van der Waals surface area contributed by atoms with Gasteiger partial charge >= 0.3 is 11.9 Å². The largest absolute Gasteiger partial charge is 0.466 e. The van der Waals surface area contributed by atoms with Crippen molar-refractivity contribution < 1.29 is 28.3 Å². The van der Waals surface area contributed by atoms with E-state index in [2.05, 4.69) is 46.0 Å². The van der Waals surface area contributed by atoms with E-state index in [1.165, 1.54) is 0 Å². The average Bonchev–Trinajstić information content (AvgIpc) is 3.27. The quantitative estimate of drug-likeness (QED) is 0.148. The topological polar surface area (TPSA) is 78.9 Å². The number of fused-ring (bicyclic) bond motifs is 1. The number of rotatable bonds is 13. The van der Waals surface area contributed by atoms with Gasteiger partial charge in [-0.1, -0.05) is 32.9 Å². The number of Topliss-reactive ketones (excluding diaryl/α,β-unsaturated/α-hetero) is 1. The van der Waals surface area contributed by atoms with E-state index in [9.17, 15) is 14.4 Å². The van der Waals surface area contributed by atoms with Gasteiger partial charge in [-0.3, -0.25) is 14.4 Å². The summed E-state index contributed by atoms with van der Waals surface area (Å²) in [6, 6.07) is 0. The van der Waals surface area contributed by atoms with E-state index in [4.69, 9.17) is 13.9 Å². The van der Waals surface area contributed by atoms with Gasteiger partial charge in [0, 0.05) is 30.6 Å². The molecule has 7 heteroatoms. The lowest BCUT2D eigenvalue weighted by molar-refractivity contribution is -0.144. The van der Waals surface area contributed by atoms with Crippen molar-refractivity contribution >= 4 is 26.0 Å². The molecule has 0 spiro atoms. The Morgan fingerprint density at radius 3 is 2.24 bits per heavy atom. The van der Waals surface area contributed by atoms with Gasteiger partial charge in [0.1, 0.15) is 5.78 Å². The summed E-state index contributed by atoms with van der Waals surface area (Å²) in [6.07, 6.45) is 8.48. The third-order valence-electron chi connectivity index (χ3n) is 7.72. The van der Waals surface area contributed by atoms with Crippen LogP contribution in [-0.4, -0.2) is 45.4 Å². The van der Waals surface area contributed by atoms with Gasteiger partial charge in [-0.15, -0.1) is 0 Å². The first-order valence-corrected chi connectivity index (χ1v) is 15.5.